The Balaban J connectivity index is 1.38. The van der Waals surface area contributed by atoms with Gasteiger partial charge in [-0.25, -0.2) is 0 Å². The number of hydrogen-bond acceptors (Lipinski definition) is 5. The van der Waals surface area contributed by atoms with Gasteiger partial charge in [0.15, 0.2) is 0 Å². The quantitative estimate of drug-likeness (QED) is 0.766. The van der Waals surface area contributed by atoms with E-state index in [1.807, 2.05) is 6.07 Å². The minimum Gasteiger partial charge on any atom is -0.491 e. The molecule has 2 aliphatic heterocycles. The SMILES string of the molecule is CC1(C)CN(c2cccc(Cn3ccc(OCC4COCCO4)cc3=O)c2)C1. The first-order chi connectivity index (χ1) is 13.5. The minimum absolute atomic E-state index is 0.0752. The van der Waals surface area contributed by atoms with Crippen molar-refractivity contribution in [2.45, 2.75) is 26.5 Å². The van der Waals surface area contributed by atoms with Crippen LogP contribution < -0.4 is 15.2 Å². The molecule has 0 spiro atoms. The zero-order valence-electron chi connectivity index (χ0n) is 16.6. The van der Waals surface area contributed by atoms with Crippen molar-refractivity contribution in [3.63, 3.8) is 0 Å². The fourth-order valence-electron chi connectivity index (χ4n) is 3.75. The van der Waals surface area contributed by atoms with E-state index < -0.39 is 0 Å². The number of nitrogens with zero attached hydrogens (tertiary/aromatic N) is 2. The van der Waals surface area contributed by atoms with Gasteiger partial charge in [0, 0.05) is 31.0 Å². The molecular weight excluding hydrogens is 356 g/mol. The summed E-state index contributed by atoms with van der Waals surface area (Å²) in [4.78, 5) is 14.9. The summed E-state index contributed by atoms with van der Waals surface area (Å²) in [6.07, 6.45) is 1.71. The molecule has 0 radical (unpaired) electrons. The van der Waals surface area contributed by atoms with E-state index in [4.69, 9.17) is 14.2 Å². The molecule has 1 atom stereocenters. The second-order valence-corrected chi connectivity index (χ2v) is 8.40. The number of pyridine rings is 1. The topological polar surface area (TPSA) is 52.9 Å². The second kappa shape index (κ2) is 7.97. The molecule has 28 heavy (non-hydrogen) atoms. The zero-order chi connectivity index (χ0) is 19.6. The van der Waals surface area contributed by atoms with Crippen LogP contribution in [0.2, 0.25) is 0 Å². The monoisotopic (exact) mass is 384 g/mol. The Labute approximate surface area is 165 Å². The van der Waals surface area contributed by atoms with Crippen molar-refractivity contribution in [3.05, 3.63) is 58.5 Å². The van der Waals surface area contributed by atoms with Gasteiger partial charge in [0.05, 0.1) is 26.4 Å². The maximum Gasteiger partial charge on any atom is 0.254 e. The van der Waals surface area contributed by atoms with Gasteiger partial charge in [-0.1, -0.05) is 26.0 Å². The third-order valence-corrected chi connectivity index (χ3v) is 5.15. The first-order valence-corrected chi connectivity index (χ1v) is 9.85. The van der Waals surface area contributed by atoms with Gasteiger partial charge < -0.3 is 23.7 Å². The number of benzene rings is 1. The van der Waals surface area contributed by atoms with Gasteiger partial charge in [0.25, 0.3) is 5.56 Å². The van der Waals surface area contributed by atoms with Crippen LogP contribution >= 0.6 is 0 Å². The molecular formula is C22H28N2O4. The molecule has 3 heterocycles. The van der Waals surface area contributed by atoms with E-state index >= 15 is 0 Å². The van der Waals surface area contributed by atoms with Crippen LogP contribution in [0.4, 0.5) is 5.69 Å². The summed E-state index contributed by atoms with van der Waals surface area (Å²) in [7, 11) is 0. The molecule has 0 amide bonds. The van der Waals surface area contributed by atoms with E-state index in [-0.39, 0.29) is 11.7 Å². The highest BCUT2D eigenvalue weighted by molar-refractivity contribution is 5.51. The molecule has 2 aliphatic rings. The molecule has 0 N–H and O–H groups in total. The van der Waals surface area contributed by atoms with Crippen LogP contribution in [-0.4, -0.2) is 50.2 Å². The van der Waals surface area contributed by atoms with Gasteiger partial charge in [-0.15, -0.1) is 0 Å². The molecule has 2 aromatic rings. The molecule has 1 unspecified atom stereocenters. The van der Waals surface area contributed by atoms with Crippen LogP contribution in [0.3, 0.4) is 0 Å². The van der Waals surface area contributed by atoms with Crippen LogP contribution in [0.5, 0.6) is 5.75 Å². The first kappa shape index (κ1) is 19.0. The normalized spacial score (nSPS) is 21.2. The number of hydrogen-bond donors (Lipinski definition) is 0. The van der Waals surface area contributed by atoms with Gasteiger partial charge in [-0.05, 0) is 29.2 Å². The average Bonchev–Trinajstić information content (AvgIpc) is 2.67. The maximum absolute atomic E-state index is 12.5. The summed E-state index contributed by atoms with van der Waals surface area (Å²) in [5.41, 5.74) is 2.65. The van der Waals surface area contributed by atoms with Crippen LogP contribution in [0.25, 0.3) is 0 Å². The Morgan fingerprint density at radius 1 is 1.18 bits per heavy atom. The Kier molecular flexibility index (Phi) is 5.42. The predicted molar refractivity (Wildman–Crippen MR) is 108 cm³/mol. The summed E-state index contributed by atoms with van der Waals surface area (Å²) >= 11 is 0. The van der Waals surface area contributed by atoms with Crippen molar-refractivity contribution >= 4 is 5.69 Å². The molecule has 0 saturated carbocycles. The van der Waals surface area contributed by atoms with Gasteiger partial charge in [0.2, 0.25) is 0 Å². The summed E-state index contributed by atoms with van der Waals surface area (Å²) in [6.45, 7) is 9.38. The molecule has 0 bridgehead atoms. The number of rotatable bonds is 6. The highest BCUT2D eigenvalue weighted by Crippen LogP contribution is 2.33. The summed E-state index contributed by atoms with van der Waals surface area (Å²) in [6, 6.07) is 11.8. The largest absolute Gasteiger partial charge is 0.491 e. The Hall–Kier alpha value is -2.31. The van der Waals surface area contributed by atoms with Crippen LogP contribution in [0.1, 0.15) is 19.4 Å². The first-order valence-electron chi connectivity index (χ1n) is 9.85. The summed E-state index contributed by atoms with van der Waals surface area (Å²) < 4.78 is 18.3. The van der Waals surface area contributed by atoms with E-state index in [9.17, 15) is 4.79 Å². The minimum atomic E-state index is -0.0783. The average molecular weight is 384 g/mol. The van der Waals surface area contributed by atoms with Crippen molar-refractivity contribution in [2.75, 3.05) is 44.4 Å². The molecule has 2 fully saturated rings. The van der Waals surface area contributed by atoms with Crippen molar-refractivity contribution in [2.24, 2.45) is 5.41 Å². The van der Waals surface area contributed by atoms with E-state index in [1.54, 1.807) is 10.8 Å². The van der Waals surface area contributed by atoms with Gasteiger partial charge in [-0.3, -0.25) is 4.79 Å². The van der Waals surface area contributed by atoms with Crippen molar-refractivity contribution < 1.29 is 14.2 Å². The molecule has 150 valence electrons. The number of anilines is 1. The zero-order valence-corrected chi connectivity index (χ0v) is 16.6. The summed E-state index contributed by atoms with van der Waals surface area (Å²) in [5, 5.41) is 0. The second-order valence-electron chi connectivity index (χ2n) is 8.40. The molecule has 6 heteroatoms. The van der Waals surface area contributed by atoms with Gasteiger partial charge >= 0.3 is 0 Å². The fourth-order valence-corrected chi connectivity index (χ4v) is 3.75. The molecule has 1 aromatic heterocycles. The number of aromatic nitrogens is 1. The molecule has 2 saturated heterocycles. The van der Waals surface area contributed by atoms with E-state index in [0.29, 0.717) is 44.1 Å². The lowest BCUT2D eigenvalue weighted by Gasteiger charge is -2.47. The van der Waals surface area contributed by atoms with E-state index in [1.165, 1.54) is 11.8 Å². The van der Waals surface area contributed by atoms with E-state index in [2.05, 4.69) is 43.0 Å². The Morgan fingerprint density at radius 2 is 2.04 bits per heavy atom. The third kappa shape index (κ3) is 4.56. The number of ether oxygens (including phenoxy) is 3. The van der Waals surface area contributed by atoms with Crippen molar-refractivity contribution in [1.82, 2.24) is 4.57 Å². The lowest BCUT2D eigenvalue weighted by molar-refractivity contribution is -0.101. The van der Waals surface area contributed by atoms with Crippen molar-refractivity contribution in [3.8, 4) is 5.75 Å². The maximum atomic E-state index is 12.5. The Bertz CT molecular complexity index is 863. The molecule has 4 rings (SSSR count). The van der Waals surface area contributed by atoms with Crippen LogP contribution in [0.15, 0.2) is 47.4 Å². The predicted octanol–water partition coefficient (Wildman–Crippen LogP) is 2.54. The molecule has 0 aliphatic carbocycles. The molecule has 1 aromatic carbocycles. The lowest BCUT2D eigenvalue weighted by Crippen LogP contribution is -2.53. The van der Waals surface area contributed by atoms with E-state index in [0.717, 1.165) is 18.7 Å². The van der Waals surface area contributed by atoms with Crippen molar-refractivity contribution in [1.29, 1.82) is 0 Å². The van der Waals surface area contributed by atoms with Gasteiger partial charge in [-0.2, -0.15) is 0 Å². The smallest absolute Gasteiger partial charge is 0.254 e. The molecule has 6 nitrogen and oxygen atoms in total. The third-order valence-electron chi connectivity index (χ3n) is 5.15. The Morgan fingerprint density at radius 3 is 2.75 bits per heavy atom. The van der Waals surface area contributed by atoms with Crippen LogP contribution in [0, 0.1) is 5.41 Å². The lowest BCUT2D eigenvalue weighted by atomic mass is 9.84. The fraction of sp³-hybridized carbons (Fsp3) is 0.500. The standard InChI is InChI=1S/C22H28N2O4/c1-22(2)15-24(16-22)18-5-3-4-17(10-18)12-23-7-6-19(11-21(23)25)28-14-20-13-26-8-9-27-20/h3-7,10-11,20H,8-9,12-16H2,1-2H3. The van der Waals surface area contributed by atoms with Crippen LogP contribution in [-0.2, 0) is 16.0 Å². The highest BCUT2D eigenvalue weighted by atomic mass is 16.6. The highest BCUT2D eigenvalue weighted by Gasteiger charge is 2.34. The summed E-state index contributed by atoms with van der Waals surface area (Å²) in [5.74, 6) is 0.562. The van der Waals surface area contributed by atoms with Gasteiger partial charge in [0.1, 0.15) is 18.5 Å².